The molecule has 0 bridgehead atoms. The fourth-order valence-corrected chi connectivity index (χ4v) is 2.45. The number of allylic oxidation sites excluding steroid dienone is 4. The van der Waals surface area contributed by atoms with Gasteiger partial charge in [-0.25, -0.2) is 0 Å². The molecule has 0 saturated heterocycles. The van der Waals surface area contributed by atoms with Gasteiger partial charge in [-0.05, 0) is 50.0 Å². The van der Waals surface area contributed by atoms with Gasteiger partial charge in [0.05, 0.1) is 0 Å². The average Bonchev–Trinajstić information content (AvgIpc) is 2.06. The Balaban J connectivity index is 2.35. The van der Waals surface area contributed by atoms with Gasteiger partial charge in [-0.1, -0.05) is 24.6 Å². The minimum absolute atomic E-state index is 0.539. The first-order valence-corrected chi connectivity index (χ1v) is 5.08. The molecule has 0 aromatic rings. The molecular weight excluding hydrogens is 144 g/mol. The van der Waals surface area contributed by atoms with Gasteiger partial charge in [-0.3, -0.25) is 0 Å². The zero-order valence-electron chi connectivity index (χ0n) is 8.19. The summed E-state index contributed by atoms with van der Waals surface area (Å²) >= 11 is 0. The van der Waals surface area contributed by atoms with Crippen molar-refractivity contribution in [1.29, 1.82) is 0 Å². The summed E-state index contributed by atoms with van der Waals surface area (Å²) in [5, 5.41) is 0. The molecule has 2 aliphatic rings. The lowest BCUT2D eigenvalue weighted by molar-refractivity contribution is 0.310. The Morgan fingerprint density at radius 1 is 1.33 bits per heavy atom. The van der Waals surface area contributed by atoms with E-state index >= 15 is 0 Å². The fraction of sp³-hybridized carbons (Fsp3) is 0.667. The van der Waals surface area contributed by atoms with Crippen LogP contribution in [0.5, 0.6) is 0 Å². The van der Waals surface area contributed by atoms with E-state index in [-0.39, 0.29) is 0 Å². The minimum atomic E-state index is 0.539. The van der Waals surface area contributed by atoms with E-state index < -0.39 is 0 Å². The second kappa shape index (κ2) is 2.76. The third kappa shape index (κ3) is 1.24. The highest BCUT2D eigenvalue weighted by atomic mass is 14.4. The Labute approximate surface area is 75.4 Å². The van der Waals surface area contributed by atoms with E-state index in [4.69, 9.17) is 0 Å². The van der Waals surface area contributed by atoms with Crippen LogP contribution in [0.1, 0.15) is 46.0 Å². The van der Waals surface area contributed by atoms with Gasteiger partial charge >= 0.3 is 0 Å². The summed E-state index contributed by atoms with van der Waals surface area (Å²) in [5.74, 6) is 0. The second-order valence-electron chi connectivity index (χ2n) is 4.60. The molecule has 0 aliphatic heterocycles. The SMILES string of the molecule is CC1=CC2=CCCCC2(C)CC1. The molecule has 0 spiro atoms. The zero-order chi connectivity index (χ0) is 8.60. The first-order chi connectivity index (χ1) is 5.71. The number of fused-ring (bicyclic) bond motifs is 1. The largest absolute Gasteiger partial charge is 0.0808 e. The summed E-state index contributed by atoms with van der Waals surface area (Å²) in [7, 11) is 0. The molecule has 0 aromatic carbocycles. The third-order valence-electron chi connectivity index (χ3n) is 3.47. The summed E-state index contributed by atoms with van der Waals surface area (Å²) in [4.78, 5) is 0. The average molecular weight is 162 g/mol. The molecule has 0 saturated carbocycles. The Morgan fingerprint density at radius 3 is 3.00 bits per heavy atom. The van der Waals surface area contributed by atoms with Crippen LogP contribution in [0, 0.1) is 5.41 Å². The van der Waals surface area contributed by atoms with Crippen molar-refractivity contribution in [2.75, 3.05) is 0 Å². The molecule has 0 fully saturated rings. The Hall–Kier alpha value is -0.520. The third-order valence-corrected chi connectivity index (χ3v) is 3.47. The topological polar surface area (TPSA) is 0 Å². The lowest BCUT2D eigenvalue weighted by Gasteiger charge is -2.37. The lowest BCUT2D eigenvalue weighted by atomic mass is 9.67. The predicted octanol–water partition coefficient (Wildman–Crippen LogP) is 3.84. The van der Waals surface area contributed by atoms with E-state index in [2.05, 4.69) is 26.0 Å². The molecule has 0 nitrogen and oxygen atoms in total. The molecule has 2 rings (SSSR count). The van der Waals surface area contributed by atoms with Gasteiger partial charge in [0.25, 0.3) is 0 Å². The molecule has 2 aliphatic carbocycles. The molecule has 1 unspecified atom stereocenters. The van der Waals surface area contributed by atoms with Crippen LogP contribution in [0.15, 0.2) is 23.3 Å². The van der Waals surface area contributed by atoms with Crippen molar-refractivity contribution in [1.82, 2.24) is 0 Å². The normalized spacial score (nSPS) is 35.2. The molecular formula is C12H18. The standard InChI is InChI=1S/C12H18/c1-10-6-8-12(2)7-4-3-5-11(12)9-10/h5,9H,3-4,6-8H2,1-2H3. The predicted molar refractivity (Wildman–Crippen MR) is 53.0 cm³/mol. The van der Waals surface area contributed by atoms with Gasteiger partial charge in [-0.2, -0.15) is 0 Å². The Kier molecular flexibility index (Phi) is 1.86. The van der Waals surface area contributed by atoms with Gasteiger partial charge in [0.15, 0.2) is 0 Å². The number of hydrogen-bond acceptors (Lipinski definition) is 0. The zero-order valence-corrected chi connectivity index (χ0v) is 8.19. The van der Waals surface area contributed by atoms with Crippen molar-refractivity contribution < 1.29 is 0 Å². The Bertz CT molecular complexity index is 245. The first-order valence-electron chi connectivity index (χ1n) is 5.08. The van der Waals surface area contributed by atoms with Crippen LogP contribution in [0.25, 0.3) is 0 Å². The van der Waals surface area contributed by atoms with Gasteiger partial charge < -0.3 is 0 Å². The molecule has 1 atom stereocenters. The van der Waals surface area contributed by atoms with Crippen molar-refractivity contribution in [2.45, 2.75) is 46.0 Å². The molecule has 0 radical (unpaired) electrons. The van der Waals surface area contributed by atoms with E-state index in [0.717, 1.165) is 0 Å². The monoisotopic (exact) mass is 162 g/mol. The van der Waals surface area contributed by atoms with Crippen LogP contribution >= 0.6 is 0 Å². The fourth-order valence-electron chi connectivity index (χ4n) is 2.45. The summed E-state index contributed by atoms with van der Waals surface area (Å²) in [6, 6.07) is 0. The molecule has 0 N–H and O–H groups in total. The quantitative estimate of drug-likeness (QED) is 0.507. The van der Waals surface area contributed by atoms with Crippen molar-refractivity contribution >= 4 is 0 Å². The van der Waals surface area contributed by atoms with Crippen LogP contribution in [0.4, 0.5) is 0 Å². The van der Waals surface area contributed by atoms with E-state index in [1.54, 1.807) is 11.1 Å². The van der Waals surface area contributed by atoms with Crippen molar-refractivity contribution in [3.05, 3.63) is 23.3 Å². The Morgan fingerprint density at radius 2 is 2.17 bits per heavy atom. The van der Waals surface area contributed by atoms with Gasteiger partial charge in [0, 0.05) is 0 Å². The highest BCUT2D eigenvalue weighted by molar-refractivity contribution is 5.33. The molecule has 0 aromatic heterocycles. The highest BCUT2D eigenvalue weighted by Gasteiger charge is 2.31. The summed E-state index contributed by atoms with van der Waals surface area (Å²) in [5.41, 5.74) is 3.73. The van der Waals surface area contributed by atoms with Gasteiger partial charge in [0.2, 0.25) is 0 Å². The van der Waals surface area contributed by atoms with Crippen molar-refractivity contribution in [3.63, 3.8) is 0 Å². The van der Waals surface area contributed by atoms with Crippen LogP contribution in [-0.4, -0.2) is 0 Å². The van der Waals surface area contributed by atoms with Crippen LogP contribution < -0.4 is 0 Å². The van der Waals surface area contributed by atoms with Crippen molar-refractivity contribution in [3.8, 4) is 0 Å². The molecule has 0 amide bonds. The van der Waals surface area contributed by atoms with Crippen LogP contribution in [0.3, 0.4) is 0 Å². The lowest BCUT2D eigenvalue weighted by Crippen LogP contribution is -2.24. The van der Waals surface area contributed by atoms with Crippen LogP contribution in [-0.2, 0) is 0 Å². The molecule has 0 heteroatoms. The van der Waals surface area contributed by atoms with E-state index in [1.807, 2.05) is 0 Å². The first kappa shape index (κ1) is 8.10. The van der Waals surface area contributed by atoms with Crippen LogP contribution in [0.2, 0.25) is 0 Å². The smallest absolute Gasteiger partial charge is 0.00753 e. The van der Waals surface area contributed by atoms with Gasteiger partial charge in [-0.15, -0.1) is 0 Å². The maximum Gasteiger partial charge on any atom is -0.00753 e. The summed E-state index contributed by atoms with van der Waals surface area (Å²) in [6.07, 6.45) is 11.7. The molecule has 66 valence electrons. The number of hydrogen-bond donors (Lipinski definition) is 0. The minimum Gasteiger partial charge on any atom is -0.0808 e. The van der Waals surface area contributed by atoms with E-state index in [0.29, 0.717) is 5.41 Å². The summed E-state index contributed by atoms with van der Waals surface area (Å²) < 4.78 is 0. The maximum absolute atomic E-state index is 2.45. The molecule has 12 heavy (non-hydrogen) atoms. The second-order valence-corrected chi connectivity index (χ2v) is 4.60. The van der Waals surface area contributed by atoms with E-state index in [9.17, 15) is 0 Å². The summed E-state index contributed by atoms with van der Waals surface area (Å²) in [6.45, 7) is 4.69. The number of rotatable bonds is 0. The van der Waals surface area contributed by atoms with E-state index in [1.165, 1.54) is 32.1 Å². The highest BCUT2D eigenvalue weighted by Crippen LogP contribution is 2.45. The van der Waals surface area contributed by atoms with Gasteiger partial charge in [0.1, 0.15) is 0 Å². The molecule has 0 heterocycles. The maximum atomic E-state index is 2.45. The van der Waals surface area contributed by atoms with Crippen molar-refractivity contribution in [2.24, 2.45) is 5.41 Å².